The minimum Gasteiger partial charge on any atom is -0.390 e. The van der Waals surface area contributed by atoms with Crippen molar-refractivity contribution < 1.29 is 14.9 Å². The number of halogens is 2. The van der Waals surface area contributed by atoms with Crippen molar-refractivity contribution >= 4 is 31.9 Å². The van der Waals surface area contributed by atoms with Gasteiger partial charge in [0.15, 0.2) is 0 Å². The van der Waals surface area contributed by atoms with Crippen LogP contribution < -0.4 is 0 Å². The summed E-state index contributed by atoms with van der Waals surface area (Å²) in [5.41, 5.74) is 3.63. The van der Waals surface area contributed by atoms with Gasteiger partial charge in [-0.2, -0.15) is 0 Å². The Morgan fingerprint density at radius 1 is 0.909 bits per heavy atom. The first-order valence-corrected chi connectivity index (χ1v) is 8.70. The van der Waals surface area contributed by atoms with E-state index in [1.807, 2.05) is 24.3 Å². The number of benzene rings is 2. The molecule has 2 aromatic carbocycles. The van der Waals surface area contributed by atoms with Crippen molar-refractivity contribution in [1.29, 1.82) is 0 Å². The number of hydrogen-bond acceptors (Lipinski definition) is 3. The second kappa shape index (κ2) is 5.14. The molecule has 3 nitrogen and oxygen atoms in total. The molecule has 1 spiro atoms. The predicted molar refractivity (Wildman–Crippen MR) is 90.6 cm³/mol. The van der Waals surface area contributed by atoms with Gasteiger partial charge in [-0.15, -0.1) is 0 Å². The third-order valence-corrected chi connectivity index (χ3v) is 5.55. The zero-order valence-corrected chi connectivity index (χ0v) is 14.8. The van der Waals surface area contributed by atoms with Crippen molar-refractivity contribution in [1.82, 2.24) is 0 Å². The van der Waals surface area contributed by atoms with Gasteiger partial charge < -0.3 is 14.9 Å². The first kappa shape index (κ1) is 14.8. The van der Waals surface area contributed by atoms with E-state index in [2.05, 4.69) is 44.0 Å². The zero-order valence-electron chi connectivity index (χ0n) is 11.6. The molecule has 1 saturated heterocycles. The van der Waals surface area contributed by atoms with Gasteiger partial charge in [0.2, 0.25) is 0 Å². The maximum atomic E-state index is 10.2. The van der Waals surface area contributed by atoms with Crippen LogP contribution in [0, 0.1) is 0 Å². The lowest BCUT2D eigenvalue weighted by Crippen LogP contribution is -2.47. The van der Waals surface area contributed by atoms with E-state index in [0.29, 0.717) is 6.42 Å². The number of aliphatic hydroxyl groups excluding tert-OH is 2. The fourth-order valence-corrected chi connectivity index (χ4v) is 4.24. The van der Waals surface area contributed by atoms with Gasteiger partial charge in [-0.1, -0.05) is 44.0 Å². The molecule has 0 bridgehead atoms. The molecule has 1 heterocycles. The average molecular weight is 426 g/mol. The molecule has 1 aliphatic carbocycles. The van der Waals surface area contributed by atoms with Gasteiger partial charge in [-0.05, 0) is 46.5 Å². The molecule has 5 heteroatoms. The fourth-order valence-electron chi connectivity index (χ4n) is 3.52. The molecule has 114 valence electrons. The van der Waals surface area contributed by atoms with Gasteiger partial charge in [0.05, 0.1) is 12.7 Å². The van der Waals surface area contributed by atoms with Crippen molar-refractivity contribution in [3.05, 3.63) is 56.5 Å². The van der Waals surface area contributed by atoms with Crippen LogP contribution in [0.4, 0.5) is 0 Å². The average Bonchev–Trinajstić information content (AvgIpc) is 2.73. The summed E-state index contributed by atoms with van der Waals surface area (Å²) in [6, 6.07) is 12.3. The van der Waals surface area contributed by atoms with Crippen LogP contribution in [0.25, 0.3) is 11.1 Å². The molecule has 1 fully saturated rings. The number of hydrogen-bond donors (Lipinski definition) is 2. The van der Waals surface area contributed by atoms with Gasteiger partial charge in [0.1, 0.15) is 11.7 Å². The van der Waals surface area contributed by atoms with Crippen LogP contribution in [0.3, 0.4) is 0 Å². The van der Waals surface area contributed by atoms with E-state index in [4.69, 9.17) is 4.74 Å². The van der Waals surface area contributed by atoms with E-state index >= 15 is 0 Å². The van der Waals surface area contributed by atoms with Crippen molar-refractivity contribution in [3.8, 4) is 11.1 Å². The minimum absolute atomic E-state index is 0.124. The van der Waals surface area contributed by atoms with E-state index in [9.17, 15) is 10.2 Å². The lowest BCUT2D eigenvalue weighted by Gasteiger charge is -2.40. The van der Waals surface area contributed by atoms with Gasteiger partial charge >= 0.3 is 0 Å². The minimum atomic E-state index is -0.836. The summed E-state index contributed by atoms with van der Waals surface area (Å²) in [6.07, 6.45) is -1.29. The SMILES string of the molecule is OC1CC2(OC[C@@H]1O)c1cc(Br)ccc1-c1ccc(Br)cc12. The Balaban J connectivity index is 1.98. The molecular formula is C17H14Br2O3. The maximum absolute atomic E-state index is 10.2. The molecule has 0 radical (unpaired) electrons. The van der Waals surface area contributed by atoms with Gasteiger partial charge in [0.25, 0.3) is 0 Å². The van der Waals surface area contributed by atoms with Gasteiger partial charge in [-0.25, -0.2) is 0 Å². The van der Waals surface area contributed by atoms with E-state index in [1.54, 1.807) is 0 Å². The van der Waals surface area contributed by atoms with Crippen molar-refractivity contribution in [2.75, 3.05) is 6.61 Å². The van der Waals surface area contributed by atoms with Crippen molar-refractivity contribution in [2.45, 2.75) is 24.2 Å². The Labute approximate surface area is 145 Å². The Bertz CT molecular complexity index is 708. The molecule has 2 aromatic rings. The van der Waals surface area contributed by atoms with E-state index in [0.717, 1.165) is 31.2 Å². The van der Waals surface area contributed by atoms with Crippen LogP contribution in [0.1, 0.15) is 17.5 Å². The fraction of sp³-hybridized carbons (Fsp3) is 0.294. The highest BCUT2D eigenvalue weighted by Gasteiger charge is 2.49. The molecule has 0 saturated carbocycles. The molecule has 0 amide bonds. The Hall–Kier alpha value is -0.720. The molecule has 0 aromatic heterocycles. The van der Waals surface area contributed by atoms with Gasteiger partial charge in [-0.3, -0.25) is 0 Å². The van der Waals surface area contributed by atoms with Crippen LogP contribution in [0.2, 0.25) is 0 Å². The number of fused-ring (bicyclic) bond motifs is 5. The number of rotatable bonds is 0. The van der Waals surface area contributed by atoms with Crippen molar-refractivity contribution in [3.63, 3.8) is 0 Å². The van der Waals surface area contributed by atoms with Gasteiger partial charge in [0, 0.05) is 15.4 Å². The molecule has 1 aliphatic heterocycles. The first-order valence-electron chi connectivity index (χ1n) is 7.12. The summed E-state index contributed by atoms with van der Waals surface area (Å²) in [6.45, 7) is 0.124. The maximum Gasteiger partial charge on any atom is 0.122 e. The van der Waals surface area contributed by atoms with E-state index < -0.39 is 17.8 Å². The quantitative estimate of drug-likeness (QED) is 0.678. The van der Waals surface area contributed by atoms with E-state index in [1.165, 1.54) is 0 Å². The van der Waals surface area contributed by atoms with Crippen LogP contribution in [-0.2, 0) is 10.3 Å². The van der Waals surface area contributed by atoms with Crippen LogP contribution in [0.5, 0.6) is 0 Å². The summed E-state index contributed by atoms with van der Waals surface area (Å²) in [5, 5.41) is 20.1. The predicted octanol–water partition coefficient (Wildman–Crippen LogP) is 3.58. The molecule has 1 unspecified atom stereocenters. The molecule has 2 atom stereocenters. The van der Waals surface area contributed by atoms with Crippen LogP contribution in [-0.4, -0.2) is 29.0 Å². The normalized spacial score (nSPS) is 25.1. The Morgan fingerprint density at radius 3 is 1.95 bits per heavy atom. The summed E-state index contributed by atoms with van der Waals surface area (Å²) >= 11 is 7.05. The highest BCUT2D eigenvalue weighted by Crippen LogP contribution is 2.54. The summed E-state index contributed by atoms with van der Waals surface area (Å²) in [5.74, 6) is 0. The monoisotopic (exact) mass is 424 g/mol. The summed E-state index contributed by atoms with van der Waals surface area (Å²) in [7, 11) is 0. The topological polar surface area (TPSA) is 49.7 Å². The van der Waals surface area contributed by atoms with Crippen LogP contribution in [0.15, 0.2) is 45.3 Å². The number of ether oxygens (including phenoxy) is 1. The first-order chi connectivity index (χ1) is 10.5. The molecule has 2 aliphatic rings. The molecule has 2 N–H and O–H groups in total. The van der Waals surface area contributed by atoms with Crippen LogP contribution >= 0.6 is 31.9 Å². The smallest absolute Gasteiger partial charge is 0.122 e. The second-order valence-electron chi connectivity index (χ2n) is 5.86. The highest BCUT2D eigenvalue weighted by molar-refractivity contribution is 9.10. The highest BCUT2D eigenvalue weighted by atomic mass is 79.9. The van der Waals surface area contributed by atoms with E-state index in [-0.39, 0.29) is 6.61 Å². The standard InChI is InChI=1S/C17H14Br2O3/c18-9-1-3-11-12-4-2-10(19)6-14(12)17(13(11)5-9)7-15(20)16(21)8-22-17/h1-6,15-16,20-21H,7-8H2/t15?,16-/m0/s1. The lowest BCUT2D eigenvalue weighted by molar-refractivity contribution is -0.157. The largest absolute Gasteiger partial charge is 0.390 e. The summed E-state index contributed by atoms with van der Waals surface area (Å²) < 4.78 is 8.07. The Morgan fingerprint density at radius 2 is 1.45 bits per heavy atom. The molecule has 4 rings (SSSR count). The Kier molecular flexibility index (Phi) is 3.47. The second-order valence-corrected chi connectivity index (χ2v) is 7.69. The lowest BCUT2D eigenvalue weighted by atomic mass is 9.82. The van der Waals surface area contributed by atoms with Crippen molar-refractivity contribution in [2.24, 2.45) is 0 Å². The molecular weight excluding hydrogens is 412 g/mol. The summed E-state index contributed by atoms with van der Waals surface area (Å²) in [4.78, 5) is 0. The number of aliphatic hydroxyl groups is 2. The third-order valence-electron chi connectivity index (χ3n) is 4.56. The third kappa shape index (κ3) is 2.03. The molecule has 22 heavy (non-hydrogen) atoms. The zero-order chi connectivity index (χ0) is 15.5.